The minimum absolute atomic E-state index is 0.121. The van der Waals surface area contributed by atoms with E-state index in [4.69, 9.17) is 0 Å². The minimum atomic E-state index is -0.330. The van der Waals surface area contributed by atoms with E-state index in [1.54, 1.807) is 0 Å². The highest BCUT2D eigenvalue weighted by Gasteiger charge is 2.62. The zero-order valence-electron chi connectivity index (χ0n) is 13.9. The van der Waals surface area contributed by atoms with Gasteiger partial charge in [0.2, 0.25) is 5.91 Å². The summed E-state index contributed by atoms with van der Waals surface area (Å²) < 4.78 is 0. The van der Waals surface area contributed by atoms with E-state index in [-0.39, 0.29) is 17.0 Å². The standard InChI is InChI=1S/C20H22N2O/c1-19(2)16-11-7-8-12-17(16)21-14-18(23)22(20(19,21)3)13-15-9-5-4-6-10-15/h4-12H,13-14H2,1-3H3. The summed E-state index contributed by atoms with van der Waals surface area (Å²) in [7, 11) is 0. The SMILES string of the molecule is CC1(C)c2ccccc2N2CC(=O)N(Cc3ccccc3)C21C. The van der Waals surface area contributed by atoms with Crippen molar-refractivity contribution in [1.29, 1.82) is 0 Å². The molecule has 0 aromatic heterocycles. The summed E-state index contributed by atoms with van der Waals surface area (Å²) in [5.41, 5.74) is 3.25. The smallest absolute Gasteiger partial charge is 0.244 e. The van der Waals surface area contributed by atoms with Gasteiger partial charge in [-0.3, -0.25) is 4.79 Å². The summed E-state index contributed by atoms with van der Waals surface area (Å²) >= 11 is 0. The van der Waals surface area contributed by atoms with Crippen LogP contribution in [0.15, 0.2) is 54.6 Å². The Hall–Kier alpha value is -2.29. The molecule has 4 rings (SSSR count). The number of anilines is 1. The molecule has 0 aliphatic carbocycles. The Morgan fingerprint density at radius 2 is 1.61 bits per heavy atom. The lowest BCUT2D eigenvalue weighted by Gasteiger charge is -2.46. The summed E-state index contributed by atoms with van der Waals surface area (Å²) in [5.74, 6) is 0.207. The zero-order chi connectivity index (χ0) is 16.2. The van der Waals surface area contributed by atoms with Crippen LogP contribution >= 0.6 is 0 Å². The zero-order valence-corrected chi connectivity index (χ0v) is 13.9. The van der Waals surface area contributed by atoms with Crippen molar-refractivity contribution in [1.82, 2.24) is 4.90 Å². The first kappa shape index (κ1) is 14.3. The number of para-hydroxylation sites is 1. The van der Waals surface area contributed by atoms with E-state index >= 15 is 0 Å². The number of rotatable bonds is 2. The van der Waals surface area contributed by atoms with E-state index in [9.17, 15) is 4.79 Å². The molecule has 2 aromatic rings. The Morgan fingerprint density at radius 1 is 0.957 bits per heavy atom. The summed E-state index contributed by atoms with van der Waals surface area (Å²) in [4.78, 5) is 17.1. The highest BCUT2D eigenvalue weighted by molar-refractivity contribution is 5.90. The number of fused-ring (bicyclic) bond motifs is 3. The minimum Gasteiger partial charge on any atom is -0.338 e. The molecule has 2 aliphatic heterocycles. The molecule has 118 valence electrons. The molecule has 3 nitrogen and oxygen atoms in total. The maximum atomic E-state index is 12.8. The molecular weight excluding hydrogens is 284 g/mol. The first-order chi connectivity index (χ1) is 11.0. The lowest BCUT2D eigenvalue weighted by molar-refractivity contribution is -0.132. The maximum absolute atomic E-state index is 12.8. The van der Waals surface area contributed by atoms with Crippen LogP contribution in [0, 0.1) is 0 Å². The highest BCUT2D eigenvalue weighted by atomic mass is 16.2. The number of benzene rings is 2. The summed E-state index contributed by atoms with van der Waals surface area (Å²) in [6.45, 7) is 7.83. The van der Waals surface area contributed by atoms with Gasteiger partial charge in [0.05, 0.1) is 6.54 Å². The second-order valence-corrected chi connectivity index (χ2v) is 7.21. The molecule has 2 aromatic carbocycles. The van der Waals surface area contributed by atoms with E-state index in [2.05, 4.69) is 67.0 Å². The van der Waals surface area contributed by atoms with Crippen LogP contribution in [0.25, 0.3) is 0 Å². The predicted molar refractivity (Wildman–Crippen MR) is 92.2 cm³/mol. The van der Waals surface area contributed by atoms with Crippen molar-refractivity contribution in [2.75, 3.05) is 11.4 Å². The molecule has 1 fully saturated rings. The topological polar surface area (TPSA) is 23.6 Å². The fraction of sp³-hybridized carbons (Fsp3) is 0.350. The first-order valence-electron chi connectivity index (χ1n) is 8.18. The first-order valence-corrected chi connectivity index (χ1v) is 8.18. The van der Waals surface area contributed by atoms with Gasteiger partial charge in [0.1, 0.15) is 5.66 Å². The van der Waals surface area contributed by atoms with Crippen LogP contribution in [0.3, 0.4) is 0 Å². The number of carbonyl (C=O) groups excluding carboxylic acids is 1. The van der Waals surface area contributed by atoms with Crippen molar-refractivity contribution in [3.8, 4) is 0 Å². The van der Waals surface area contributed by atoms with Gasteiger partial charge < -0.3 is 9.80 Å². The maximum Gasteiger partial charge on any atom is 0.244 e. The molecule has 2 heterocycles. The van der Waals surface area contributed by atoms with Crippen molar-refractivity contribution < 1.29 is 4.79 Å². The predicted octanol–water partition coefficient (Wildman–Crippen LogP) is 3.54. The Bertz CT molecular complexity index is 768. The Labute approximate surface area is 137 Å². The van der Waals surface area contributed by atoms with Crippen LogP contribution in [0.4, 0.5) is 5.69 Å². The normalized spacial score (nSPS) is 24.7. The van der Waals surface area contributed by atoms with E-state index in [0.717, 1.165) is 0 Å². The average Bonchev–Trinajstić information content (AvgIpc) is 2.90. The number of nitrogens with zero attached hydrogens (tertiary/aromatic N) is 2. The average molecular weight is 306 g/mol. The van der Waals surface area contributed by atoms with Gasteiger partial charge in [-0.25, -0.2) is 0 Å². The van der Waals surface area contributed by atoms with Gasteiger partial charge in [-0.15, -0.1) is 0 Å². The van der Waals surface area contributed by atoms with Crippen molar-refractivity contribution in [3.63, 3.8) is 0 Å². The second kappa shape index (κ2) is 4.60. The monoisotopic (exact) mass is 306 g/mol. The van der Waals surface area contributed by atoms with Crippen LogP contribution in [0.1, 0.15) is 31.9 Å². The van der Waals surface area contributed by atoms with Gasteiger partial charge in [-0.05, 0) is 24.1 Å². The van der Waals surface area contributed by atoms with Gasteiger partial charge in [0.25, 0.3) is 0 Å². The third-order valence-corrected chi connectivity index (χ3v) is 5.88. The number of carbonyl (C=O) groups is 1. The van der Waals surface area contributed by atoms with E-state index in [1.165, 1.54) is 16.8 Å². The number of hydrogen-bond donors (Lipinski definition) is 0. The molecule has 1 amide bonds. The van der Waals surface area contributed by atoms with Crippen LogP contribution in [-0.4, -0.2) is 23.0 Å². The van der Waals surface area contributed by atoms with Crippen molar-refractivity contribution >= 4 is 11.6 Å². The van der Waals surface area contributed by atoms with E-state index in [0.29, 0.717) is 13.1 Å². The van der Waals surface area contributed by atoms with Gasteiger partial charge in [-0.2, -0.15) is 0 Å². The molecular formula is C20H22N2O. The molecule has 23 heavy (non-hydrogen) atoms. The fourth-order valence-electron chi connectivity index (χ4n) is 4.26. The Morgan fingerprint density at radius 3 is 2.35 bits per heavy atom. The van der Waals surface area contributed by atoms with Crippen LogP contribution in [0.2, 0.25) is 0 Å². The van der Waals surface area contributed by atoms with Gasteiger partial charge in [-0.1, -0.05) is 62.4 Å². The van der Waals surface area contributed by atoms with E-state index in [1.807, 2.05) is 18.2 Å². The van der Waals surface area contributed by atoms with Gasteiger partial charge in [0.15, 0.2) is 0 Å². The van der Waals surface area contributed by atoms with Crippen molar-refractivity contribution in [2.45, 2.75) is 38.4 Å². The van der Waals surface area contributed by atoms with Crippen molar-refractivity contribution in [3.05, 3.63) is 65.7 Å². The van der Waals surface area contributed by atoms with Crippen molar-refractivity contribution in [2.24, 2.45) is 0 Å². The molecule has 0 radical (unpaired) electrons. The highest BCUT2D eigenvalue weighted by Crippen LogP contribution is 2.55. The van der Waals surface area contributed by atoms with Crippen LogP contribution in [-0.2, 0) is 16.8 Å². The lowest BCUT2D eigenvalue weighted by atomic mass is 9.76. The molecule has 3 heteroatoms. The van der Waals surface area contributed by atoms with Gasteiger partial charge >= 0.3 is 0 Å². The third kappa shape index (κ3) is 1.73. The number of hydrogen-bond acceptors (Lipinski definition) is 2. The molecule has 1 unspecified atom stereocenters. The Kier molecular flexibility index (Phi) is 2.87. The molecule has 1 atom stereocenters. The fourth-order valence-corrected chi connectivity index (χ4v) is 4.26. The van der Waals surface area contributed by atoms with Gasteiger partial charge in [0, 0.05) is 17.6 Å². The summed E-state index contributed by atoms with van der Waals surface area (Å²) in [5, 5.41) is 0. The number of amides is 1. The molecule has 0 bridgehead atoms. The summed E-state index contributed by atoms with van der Waals surface area (Å²) in [6, 6.07) is 18.8. The van der Waals surface area contributed by atoms with Crippen LogP contribution < -0.4 is 4.90 Å². The largest absolute Gasteiger partial charge is 0.338 e. The molecule has 0 spiro atoms. The second-order valence-electron chi connectivity index (χ2n) is 7.21. The molecule has 2 aliphatic rings. The van der Waals surface area contributed by atoms with Crippen LogP contribution in [0.5, 0.6) is 0 Å². The molecule has 0 saturated carbocycles. The molecule has 1 saturated heterocycles. The Balaban J connectivity index is 1.81. The summed E-state index contributed by atoms with van der Waals surface area (Å²) in [6.07, 6.45) is 0. The third-order valence-electron chi connectivity index (χ3n) is 5.88. The quantitative estimate of drug-likeness (QED) is 0.847. The molecule has 0 N–H and O–H groups in total. The lowest BCUT2D eigenvalue weighted by Crippen LogP contribution is -2.59. The van der Waals surface area contributed by atoms with E-state index < -0.39 is 0 Å².